The second-order valence-electron chi connectivity index (χ2n) is 9.25. The summed E-state index contributed by atoms with van der Waals surface area (Å²) in [7, 11) is -2.50. The lowest BCUT2D eigenvalue weighted by Crippen LogP contribution is -2.51. The summed E-state index contributed by atoms with van der Waals surface area (Å²) >= 11 is 0. The fourth-order valence-electron chi connectivity index (χ4n) is 4.87. The van der Waals surface area contributed by atoms with Gasteiger partial charge in [-0.05, 0) is 30.6 Å². The molecule has 1 saturated carbocycles. The molecule has 31 heavy (non-hydrogen) atoms. The molecule has 2 aliphatic heterocycles. The van der Waals surface area contributed by atoms with Crippen molar-refractivity contribution in [3.8, 4) is 11.4 Å². The van der Waals surface area contributed by atoms with E-state index >= 15 is 0 Å². The molecule has 2 unspecified atom stereocenters. The highest BCUT2D eigenvalue weighted by atomic mass is 32.2. The van der Waals surface area contributed by atoms with E-state index in [9.17, 15) is 13.8 Å². The second-order valence-corrected chi connectivity index (χ2v) is 11.6. The number of amides is 2. The number of fused-ring (bicyclic) bond motifs is 2. The second kappa shape index (κ2) is 7.85. The van der Waals surface area contributed by atoms with E-state index < -0.39 is 9.73 Å². The van der Waals surface area contributed by atoms with E-state index in [0.29, 0.717) is 36.3 Å². The molecule has 164 valence electrons. The van der Waals surface area contributed by atoms with Crippen LogP contribution in [0.2, 0.25) is 0 Å². The van der Waals surface area contributed by atoms with Crippen LogP contribution in [0, 0.1) is 23.7 Å². The van der Waals surface area contributed by atoms with Gasteiger partial charge >= 0.3 is 0 Å². The molecule has 3 fully saturated rings. The molecule has 8 nitrogen and oxygen atoms in total. The van der Waals surface area contributed by atoms with Crippen molar-refractivity contribution in [2.75, 3.05) is 24.6 Å². The highest BCUT2D eigenvalue weighted by Crippen LogP contribution is 2.39. The number of carbonyl (C=O) groups excluding carboxylic acids is 2. The number of nitrogens with zero attached hydrogens (tertiary/aromatic N) is 5. The Labute approximate surface area is 182 Å². The molecule has 2 bridgehead atoms. The quantitative estimate of drug-likeness (QED) is 0.724. The predicted octanol–water partition coefficient (Wildman–Crippen LogP) is 2.07. The largest absolute Gasteiger partial charge is 0.340 e. The summed E-state index contributed by atoms with van der Waals surface area (Å²) in [5, 5.41) is 4.43. The van der Waals surface area contributed by atoms with Gasteiger partial charge in [-0.2, -0.15) is 9.46 Å². The summed E-state index contributed by atoms with van der Waals surface area (Å²) in [6.45, 7) is 3.30. The number of benzene rings is 1. The monoisotopic (exact) mass is 441 g/mol. The predicted molar refractivity (Wildman–Crippen MR) is 116 cm³/mol. The van der Waals surface area contributed by atoms with Crippen molar-refractivity contribution in [1.29, 1.82) is 0 Å². The van der Waals surface area contributed by atoms with Gasteiger partial charge in [0, 0.05) is 36.1 Å². The third-order valence-corrected chi connectivity index (χ3v) is 9.01. The molecular formula is C22H27N5O3S. The molecule has 3 heterocycles. The fraction of sp³-hybridized carbons (Fsp3) is 0.545. The smallest absolute Gasteiger partial charge is 0.257 e. The first-order chi connectivity index (χ1) is 14.9. The normalized spacial score (nSPS) is 31.8. The third-order valence-electron chi connectivity index (χ3n) is 6.52. The Morgan fingerprint density at radius 3 is 2.45 bits per heavy atom. The maximum atomic E-state index is 13.3. The SMILES string of the molecule is C[C@H]1C[C@@H]1C(=O)N=S1(=O)CC2CC(CN(C(=O)Cn3cnc(-c4ccccc4)n3)C2)C1. The number of aromatic nitrogens is 3. The molecule has 2 saturated heterocycles. The molecule has 0 spiro atoms. The lowest BCUT2D eigenvalue weighted by molar-refractivity contribution is -0.134. The molecule has 1 aliphatic carbocycles. The van der Waals surface area contributed by atoms with E-state index in [4.69, 9.17) is 0 Å². The van der Waals surface area contributed by atoms with E-state index in [2.05, 4.69) is 14.4 Å². The van der Waals surface area contributed by atoms with Crippen LogP contribution >= 0.6 is 0 Å². The maximum absolute atomic E-state index is 13.3. The first-order valence-electron chi connectivity index (χ1n) is 10.9. The van der Waals surface area contributed by atoms with Gasteiger partial charge in [0.2, 0.25) is 5.91 Å². The van der Waals surface area contributed by atoms with Gasteiger partial charge in [0.15, 0.2) is 5.82 Å². The molecular weight excluding hydrogens is 414 g/mol. The summed E-state index contributed by atoms with van der Waals surface area (Å²) in [6.07, 6.45) is 3.40. The van der Waals surface area contributed by atoms with Crippen molar-refractivity contribution in [1.82, 2.24) is 19.7 Å². The summed E-state index contributed by atoms with van der Waals surface area (Å²) in [4.78, 5) is 31.3. The average Bonchev–Trinajstić information content (AvgIpc) is 3.28. The van der Waals surface area contributed by atoms with Crippen LogP contribution in [0.5, 0.6) is 0 Å². The number of likely N-dealkylation sites (tertiary alicyclic amines) is 1. The molecule has 0 N–H and O–H groups in total. The molecule has 0 radical (unpaired) electrons. The Hall–Kier alpha value is -2.55. The van der Waals surface area contributed by atoms with Gasteiger partial charge < -0.3 is 4.90 Å². The summed E-state index contributed by atoms with van der Waals surface area (Å²) in [6, 6.07) is 9.66. The van der Waals surface area contributed by atoms with Gasteiger partial charge in [0.05, 0.1) is 9.73 Å². The van der Waals surface area contributed by atoms with Crippen LogP contribution in [0.25, 0.3) is 11.4 Å². The van der Waals surface area contributed by atoms with Crippen LogP contribution < -0.4 is 0 Å². The highest BCUT2D eigenvalue weighted by molar-refractivity contribution is 7.93. The van der Waals surface area contributed by atoms with Gasteiger partial charge in [-0.1, -0.05) is 37.3 Å². The van der Waals surface area contributed by atoms with Crippen molar-refractivity contribution >= 4 is 21.5 Å². The molecule has 9 heteroatoms. The zero-order valence-electron chi connectivity index (χ0n) is 17.6. The van der Waals surface area contributed by atoms with E-state index in [1.54, 1.807) is 11.0 Å². The van der Waals surface area contributed by atoms with Crippen LogP contribution in [-0.4, -0.2) is 60.3 Å². The van der Waals surface area contributed by atoms with Crippen LogP contribution in [0.1, 0.15) is 19.8 Å². The summed E-state index contributed by atoms with van der Waals surface area (Å²) in [5.41, 5.74) is 0.912. The Morgan fingerprint density at radius 1 is 1.13 bits per heavy atom. The van der Waals surface area contributed by atoms with Crippen molar-refractivity contribution < 1.29 is 13.8 Å². The van der Waals surface area contributed by atoms with Crippen LogP contribution in [0.4, 0.5) is 0 Å². The van der Waals surface area contributed by atoms with Crippen molar-refractivity contribution in [3.05, 3.63) is 36.7 Å². The molecule has 1 aromatic carbocycles. The minimum absolute atomic E-state index is 0.00701. The van der Waals surface area contributed by atoms with Gasteiger partial charge in [0.25, 0.3) is 5.91 Å². The van der Waals surface area contributed by atoms with Gasteiger partial charge in [-0.3, -0.25) is 9.59 Å². The van der Waals surface area contributed by atoms with E-state index in [1.807, 2.05) is 42.2 Å². The van der Waals surface area contributed by atoms with Crippen LogP contribution in [0.3, 0.4) is 0 Å². The van der Waals surface area contributed by atoms with E-state index in [0.717, 1.165) is 18.4 Å². The Bertz CT molecular complexity index is 1100. The number of hydrogen-bond donors (Lipinski definition) is 0. The average molecular weight is 442 g/mol. The van der Waals surface area contributed by atoms with Crippen molar-refractivity contribution in [2.24, 2.45) is 28.0 Å². The van der Waals surface area contributed by atoms with Gasteiger partial charge in [-0.25, -0.2) is 13.9 Å². The molecule has 4 atom stereocenters. The fourth-order valence-corrected chi connectivity index (χ4v) is 7.57. The minimum atomic E-state index is -2.50. The first-order valence-corrected chi connectivity index (χ1v) is 12.7. The number of piperidine rings is 1. The minimum Gasteiger partial charge on any atom is -0.340 e. The Balaban J connectivity index is 1.22. The van der Waals surface area contributed by atoms with Crippen LogP contribution in [0.15, 0.2) is 41.0 Å². The first kappa shape index (κ1) is 20.4. The van der Waals surface area contributed by atoms with E-state index in [-0.39, 0.29) is 36.1 Å². The zero-order valence-corrected chi connectivity index (χ0v) is 18.4. The summed E-state index contributed by atoms with van der Waals surface area (Å²) < 4.78 is 19.0. The number of carbonyl (C=O) groups is 2. The lowest BCUT2D eigenvalue weighted by Gasteiger charge is -2.42. The summed E-state index contributed by atoms with van der Waals surface area (Å²) in [5.74, 6) is 1.86. The Kier molecular flexibility index (Phi) is 5.16. The zero-order chi connectivity index (χ0) is 21.6. The molecule has 3 aliphatic rings. The topological polar surface area (TPSA) is 97.5 Å². The molecule has 5 rings (SSSR count). The standard InChI is InChI=1S/C22H27N5O3S/c1-15-7-19(15)22(29)25-31(30)12-16-8-17(13-31)10-26(9-16)20(28)11-27-14-23-21(24-27)18-5-3-2-4-6-18/h2-6,14-17,19H,7-13H2,1H3/t15-,16?,17?,19-,31?/m0/s1. The molecule has 2 aromatic rings. The number of hydrogen-bond acceptors (Lipinski definition) is 5. The number of rotatable bonds is 4. The van der Waals surface area contributed by atoms with Gasteiger partial charge in [0.1, 0.15) is 12.9 Å². The maximum Gasteiger partial charge on any atom is 0.257 e. The van der Waals surface area contributed by atoms with Crippen molar-refractivity contribution in [3.63, 3.8) is 0 Å². The molecule has 2 amide bonds. The lowest BCUT2D eigenvalue weighted by atomic mass is 9.91. The van der Waals surface area contributed by atoms with Crippen LogP contribution in [-0.2, 0) is 25.9 Å². The van der Waals surface area contributed by atoms with Crippen molar-refractivity contribution in [2.45, 2.75) is 26.3 Å². The van der Waals surface area contributed by atoms with Gasteiger partial charge in [-0.15, -0.1) is 0 Å². The molecule has 1 aromatic heterocycles. The highest BCUT2D eigenvalue weighted by Gasteiger charge is 2.42. The third kappa shape index (κ3) is 4.42. The Morgan fingerprint density at radius 2 is 1.81 bits per heavy atom. The van der Waals surface area contributed by atoms with E-state index in [1.165, 1.54) is 0 Å².